The van der Waals surface area contributed by atoms with Crippen molar-refractivity contribution in [3.8, 4) is 0 Å². The van der Waals surface area contributed by atoms with Crippen molar-refractivity contribution in [1.29, 1.82) is 0 Å². The molecule has 1 aliphatic rings. The SMILES string of the molecule is O=C(CSCc1ccccc1)NCc1ccc(N2CCCC2=O)cc1. The van der Waals surface area contributed by atoms with Crippen LogP contribution in [0.4, 0.5) is 5.69 Å². The standard InChI is InChI=1S/C20H22N2O2S/c23-19(15-25-14-17-5-2-1-3-6-17)21-13-16-8-10-18(11-9-16)22-12-4-7-20(22)24/h1-3,5-6,8-11H,4,7,12-15H2,(H,21,23). The zero-order valence-corrected chi connectivity index (χ0v) is 14.9. The molecular formula is C20H22N2O2S. The first-order chi connectivity index (χ1) is 12.2. The predicted octanol–water partition coefficient (Wildman–Crippen LogP) is 3.36. The molecule has 0 spiro atoms. The first kappa shape index (κ1) is 17.5. The first-order valence-electron chi connectivity index (χ1n) is 8.50. The van der Waals surface area contributed by atoms with Crippen LogP contribution < -0.4 is 10.2 Å². The maximum absolute atomic E-state index is 11.9. The van der Waals surface area contributed by atoms with Crippen LogP contribution in [0.15, 0.2) is 54.6 Å². The van der Waals surface area contributed by atoms with Crippen LogP contribution in [-0.4, -0.2) is 24.1 Å². The van der Waals surface area contributed by atoms with Crippen molar-refractivity contribution in [3.63, 3.8) is 0 Å². The Hall–Kier alpha value is -2.27. The Balaban J connectivity index is 1.40. The third-order valence-electron chi connectivity index (χ3n) is 4.16. The molecule has 0 radical (unpaired) electrons. The van der Waals surface area contributed by atoms with Crippen molar-refractivity contribution >= 4 is 29.3 Å². The van der Waals surface area contributed by atoms with Gasteiger partial charge in [-0.2, -0.15) is 0 Å². The average Bonchev–Trinajstić information content (AvgIpc) is 3.07. The molecule has 2 aromatic carbocycles. The van der Waals surface area contributed by atoms with Crippen molar-refractivity contribution in [2.75, 3.05) is 17.2 Å². The van der Waals surface area contributed by atoms with Crippen molar-refractivity contribution in [1.82, 2.24) is 5.32 Å². The highest BCUT2D eigenvalue weighted by molar-refractivity contribution is 7.99. The third kappa shape index (κ3) is 5.10. The molecule has 0 aromatic heterocycles. The monoisotopic (exact) mass is 354 g/mol. The van der Waals surface area contributed by atoms with Gasteiger partial charge in [-0.15, -0.1) is 11.8 Å². The summed E-state index contributed by atoms with van der Waals surface area (Å²) in [5, 5.41) is 2.94. The van der Waals surface area contributed by atoms with Gasteiger partial charge in [-0.3, -0.25) is 9.59 Å². The highest BCUT2D eigenvalue weighted by atomic mass is 32.2. The zero-order valence-electron chi connectivity index (χ0n) is 14.1. The summed E-state index contributed by atoms with van der Waals surface area (Å²) in [4.78, 5) is 25.5. The van der Waals surface area contributed by atoms with Crippen molar-refractivity contribution in [2.45, 2.75) is 25.1 Å². The van der Waals surface area contributed by atoms with Gasteiger partial charge in [-0.25, -0.2) is 0 Å². The van der Waals surface area contributed by atoms with E-state index in [2.05, 4.69) is 17.4 Å². The molecule has 1 saturated heterocycles. The summed E-state index contributed by atoms with van der Waals surface area (Å²) >= 11 is 1.61. The molecular weight excluding hydrogens is 332 g/mol. The van der Waals surface area contributed by atoms with Crippen LogP contribution in [0, 0.1) is 0 Å². The van der Waals surface area contributed by atoms with Gasteiger partial charge in [0.1, 0.15) is 0 Å². The molecule has 130 valence electrons. The van der Waals surface area contributed by atoms with Crippen LogP contribution in [0.25, 0.3) is 0 Å². The number of benzene rings is 2. The minimum Gasteiger partial charge on any atom is -0.351 e. The lowest BCUT2D eigenvalue weighted by Gasteiger charge is -2.16. The first-order valence-corrected chi connectivity index (χ1v) is 9.65. The summed E-state index contributed by atoms with van der Waals surface area (Å²) in [6.45, 7) is 1.31. The van der Waals surface area contributed by atoms with E-state index in [1.807, 2.05) is 47.4 Å². The van der Waals surface area contributed by atoms with Gasteiger partial charge in [0.05, 0.1) is 5.75 Å². The van der Waals surface area contributed by atoms with Crippen LogP contribution >= 0.6 is 11.8 Å². The Morgan fingerprint density at radius 2 is 1.80 bits per heavy atom. The van der Waals surface area contributed by atoms with E-state index in [0.29, 0.717) is 18.7 Å². The summed E-state index contributed by atoms with van der Waals surface area (Å²) in [6, 6.07) is 18.0. The number of nitrogens with zero attached hydrogens (tertiary/aromatic N) is 1. The largest absolute Gasteiger partial charge is 0.351 e. The van der Waals surface area contributed by atoms with E-state index in [-0.39, 0.29) is 11.8 Å². The van der Waals surface area contributed by atoms with Gasteiger partial charge in [0.2, 0.25) is 11.8 Å². The fourth-order valence-corrected chi connectivity index (χ4v) is 3.62. The second kappa shape index (κ2) is 8.72. The molecule has 5 heteroatoms. The van der Waals surface area contributed by atoms with E-state index in [4.69, 9.17) is 0 Å². The summed E-state index contributed by atoms with van der Waals surface area (Å²) in [5.74, 6) is 1.53. The van der Waals surface area contributed by atoms with Gasteiger partial charge in [0, 0.05) is 31.0 Å². The van der Waals surface area contributed by atoms with E-state index in [9.17, 15) is 9.59 Å². The summed E-state index contributed by atoms with van der Waals surface area (Å²) in [6.07, 6.45) is 1.57. The number of hydrogen-bond acceptors (Lipinski definition) is 3. The van der Waals surface area contributed by atoms with E-state index in [1.54, 1.807) is 11.8 Å². The van der Waals surface area contributed by atoms with Crippen LogP contribution in [0.3, 0.4) is 0 Å². The van der Waals surface area contributed by atoms with Gasteiger partial charge < -0.3 is 10.2 Å². The van der Waals surface area contributed by atoms with Crippen molar-refractivity contribution in [2.24, 2.45) is 0 Å². The van der Waals surface area contributed by atoms with Crippen LogP contribution in [-0.2, 0) is 21.9 Å². The molecule has 4 nitrogen and oxygen atoms in total. The van der Waals surface area contributed by atoms with Gasteiger partial charge in [-0.05, 0) is 29.7 Å². The summed E-state index contributed by atoms with van der Waals surface area (Å²) in [5.41, 5.74) is 3.21. The smallest absolute Gasteiger partial charge is 0.230 e. The molecule has 1 heterocycles. The number of amides is 2. The number of carbonyl (C=O) groups is 2. The molecule has 25 heavy (non-hydrogen) atoms. The molecule has 1 fully saturated rings. The maximum atomic E-state index is 11.9. The molecule has 3 rings (SSSR count). The lowest BCUT2D eigenvalue weighted by Crippen LogP contribution is -2.25. The molecule has 0 aliphatic carbocycles. The van der Waals surface area contributed by atoms with Crippen LogP contribution in [0.5, 0.6) is 0 Å². The van der Waals surface area contributed by atoms with Crippen molar-refractivity contribution < 1.29 is 9.59 Å². The number of thioether (sulfide) groups is 1. The highest BCUT2D eigenvalue weighted by Gasteiger charge is 2.21. The Morgan fingerprint density at radius 3 is 2.48 bits per heavy atom. The van der Waals surface area contributed by atoms with Crippen molar-refractivity contribution in [3.05, 3.63) is 65.7 Å². The second-order valence-electron chi connectivity index (χ2n) is 6.07. The Morgan fingerprint density at radius 1 is 1.04 bits per heavy atom. The van der Waals surface area contributed by atoms with E-state index in [1.165, 1.54) is 5.56 Å². The molecule has 1 aliphatic heterocycles. The highest BCUT2D eigenvalue weighted by Crippen LogP contribution is 2.21. The molecule has 0 bridgehead atoms. The van der Waals surface area contributed by atoms with Crippen LogP contribution in [0.1, 0.15) is 24.0 Å². The van der Waals surface area contributed by atoms with Gasteiger partial charge in [-0.1, -0.05) is 42.5 Å². The quantitative estimate of drug-likeness (QED) is 0.829. The number of anilines is 1. The number of carbonyl (C=O) groups excluding carboxylic acids is 2. The van der Waals surface area contributed by atoms with Gasteiger partial charge >= 0.3 is 0 Å². The van der Waals surface area contributed by atoms with E-state index < -0.39 is 0 Å². The molecule has 0 atom stereocenters. The third-order valence-corrected chi connectivity index (χ3v) is 5.16. The fourth-order valence-electron chi connectivity index (χ4n) is 2.80. The minimum atomic E-state index is 0.0414. The number of nitrogens with one attached hydrogen (secondary N) is 1. The zero-order chi connectivity index (χ0) is 17.5. The van der Waals surface area contributed by atoms with E-state index in [0.717, 1.165) is 30.0 Å². The Bertz CT molecular complexity index is 716. The van der Waals surface area contributed by atoms with Crippen LogP contribution in [0.2, 0.25) is 0 Å². The molecule has 0 unspecified atom stereocenters. The fraction of sp³-hybridized carbons (Fsp3) is 0.300. The van der Waals surface area contributed by atoms with E-state index >= 15 is 0 Å². The molecule has 2 aromatic rings. The summed E-state index contributed by atoms with van der Waals surface area (Å²) in [7, 11) is 0. The Labute approximate surface area is 152 Å². The Kier molecular flexibility index (Phi) is 6.12. The second-order valence-corrected chi connectivity index (χ2v) is 7.06. The molecule has 1 N–H and O–H groups in total. The van der Waals surface area contributed by atoms with Gasteiger partial charge in [0.25, 0.3) is 0 Å². The minimum absolute atomic E-state index is 0.0414. The normalized spacial score (nSPS) is 13.9. The average molecular weight is 354 g/mol. The lowest BCUT2D eigenvalue weighted by atomic mass is 10.2. The predicted molar refractivity (Wildman–Crippen MR) is 102 cm³/mol. The number of rotatable bonds is 7. The summed E-state index contributed by atoms with van der Waals surface area (Å²) < 4.78 is 0. The maximum Gasteiger partial charge on any atom is 0.230 e. The molecule has 2 amide bonds. The lowest BCUT2D eigenvalue weighted by molar-refractivity contribution is -0.119. The molecule has 0 saturated carbocycles. The van der Waals surface area contributed by atoms with Gasteiger partial charge in [0.15, 0.2) is 0 Å². The topological polar surface area (TPSA) is 49.4 Å². The number of hydrogen-bond donors (Lipinski definition) is 1.